The molecule has 0 saturated carbocycles. The van der Waals surface area contributed by atoms with Crippen molar-refractivity contribution >= 4 is 39.8 Å². The Morgan fingerprint density at radius 1 is 1.37 bits per heavy atom. The normalized spacial score (nSPS) is 12.5. The molecule has 2 aromatic rings. The first kappa shape index (κ1) is 14.6. The fourth-order valence-electron chi connectivity index (χ4n) is 1.40. The SMILES string of the molecule is C[C@@H](N)c1ccc(Sc2nnc(N(C)C)s2)c(Cl)c1. The molecule has 2 rings (SSSR count). The molecular weight excluding hydrogens is 300 g/mol. The first-order valence-corrected chi connectivity index (χ1v) is 7.72. The van der Waals surface area contributed by atoms with Gasteiger partial charge in [-0.25, -0.2) is 0 Å². The van der Waals surface area contributed by atoms with Gasteiger partial charge >= 0.3 is 0 Å². The van der Waals surface area contributed by atoms with Crippen LogP contribution < -0.4 is 10.6 Å². The largest absolute Gasteiger partial charge is 0.353 e. The highest BCUT2D eigenvalue weighted by atomic mass is 35.5. The molecule has 0 radical (unpaired) electrons. The maximum Gasteiger partial charge on any atom is 0.208 e. The summed E-state index contributed by atoms with van der Waals surface area (Å²) in [5.41, 5.74) is 6.86. The topological polar surface area (TPSA) is 55.0 Å². The average molecular weight is 315 g/mol. The molecule has 4 nitrogen and oxygen atoms in total. The zero-order valence-electron chi connectivity index (χ0n) is 10.9. The monoisotopic (exact) mass is 314 g/mol. The fourth-order valence-corrected chi connectivity index (χ4v) is 3.43. The fraction of sp³-hybridized carbons (Fsp3) is 0.333. The highest BCUT2D eigenvalue weighted by molar-refractivity contribution is 8.01. The van der Waals surface area contributed by atoms with Crippen molar-refractivity contribution in [3.63, 3.8) is 0 Å². The number of hydrogen-bond donors (Lipinski definition) is 1. The van der Waals surface area contributed by atoms with Crippen molar-refractivity contribution in [3.05, 3.63) is 28.8 Å². The molecule has 0 aliphatic carbocycles. The summed E-state index contributed by atoms with van der Waals surface area (Å²) < 4.78 is 0.874. The molecular formula is C12H15ClN4S2. The van der Waals surface area contributed by atoms with Gasteiger partial charge in [0, 0.05) is 25.0 Å². The lowest BCUT2D eigenvalue weighted by molar-refractivity contribution is 0.817. The quantitative estimate of drug-likeness (QED) is 0.937. The van der Waals surface area contributed by atoms with E-state index < -0.39 is 0 Å². The zero-order chi connectivity index (χ0) is 14.0. The van der Waals surface area contributed by atoms with E-state index in [4.69, 9.17) is 17.3 Å². The van der Waals surface area contributed by atoms with Crippen LogP contribution in [0.3, 0.4) is 0 Å². The molecule has 1 heterocycles. The molecule has 1 aromatic carbocycles. The lowest BCUT2D eigenvalue weighted by Gasteiger charge is -2.08. The number of aromatic nitrogens is 2. The summed E-state index contributed by atoms with van der Waals surface area (Å²) in [4.78, 5) is 2.90. The van der Waals surface area contributed by atoms with Gasteiger partial charge in [0.1, 0.15) is 0 Å². The number of nitrogens with zero attached hydrogens (tertiary/aromatic N) is 3. The summed E-state index contributed by atoms with van der Waals surface area (Å²) in [7, 11) is 3.89. The van der Waals surface area contributed by atoms with Crippen molar-refractivity contribution in [1.29, 1.82) is 0 Å². The number of rotatable bonds is 4. The lowest BCUT2D eigenvalue weighted by atomic mass is 10.1. The van der Waals surface area contributed by atoms with Crippen LogP contribution in [0, 0.1) is 0 Å². The highest BCUT2D eigenvalue weighted by Crippen LogP contribution is 2.37. The Hall–Kier alpha value is -0.820. The Kier molecular flexibility index (Phi) is 4.67. The van der Waals surface area contributed by atoms with Gasteiger partial charge < -0.3 is 10.6 Å². The van der Waals surface area contributed by atoms with Crippen LogP contribution in [0.4, 0.5) is 5.13 Å². The predicted molar refractivity (Wildman–Crippen MR) is 82.4 cm³/mol. The van der Waals surface area contributed by atoms with Crippen LogP contribution in [0.25, 0.3) is 0 Å². The van der Waals surface area contributed by atoms with E-state index in [2.05, 4.69) is 10.2 Å². The Labute approximate surface area is 126 Å². The molecule has 0 amide bonds. The van der Waals surface area contributed by atoms with Gasteiger partial charge in [-0.1, -0.05) is 40.8 Å². The molecule has 2 N–H and O–H groups in total. The van der Waals surface area contributed by atoms with E-state index in [-0.39, 0.29) is 6.04 Å². The minimum atomic E-state index is -0.0153. The molecule has 0 spiro atoms. The van der Waals surface area contributed by atoms with Crippen molar-refractivity contribution in [2.24, 2.45) is 5.73 Å². The maximum absolute atomic E-state index is 6.26. The molecule has 7 heteroatoms. The number of halogens is 1. The Balaban J connectivity index is 2.18. The van der Waals surface area contributed by atoms with Gasteiger partial charge in [-0.15, -0.1) is 10.2 Å². The second kappa shape index (κ2) is 6.09. The van der Waals surface area contributed by atoms with Gasteiger partial charge in [-0.05, 0) is 24.6 Å². The van der Waals surface area contributed by atoms with Crippen molar-refractivity contribution in [2.75, 3.05) is 19.0 Å². The summed E-state index contributed by atoms with van der Waals surface area (Å²) in [6, 6.07) is 5.86. The Bertz CT molecular complexity index is 569. The molecule has 0 bridgehead atoms. The predicted octanol–water partition coefficient (Wildman–Crippen LogP) is 3.43. The molecule has 1 atom stereocenters. The molecule has 0 aliphatic heterocycles. The van der Waals surface area contributed by atoms with Gasteiger partial charge in [-0.3, -0.25) is 0 Å². The van der Waals surface area contributed by atoms with Crippen LogP contribution in [0.5, 0.6) is 0 Å². The van der Waals surface area contributed by atoms with Crippen LogP contribution in [-0.2, 0) is 0 Å². The van der Waals surface area contributed by atoms with E-state index in [1.165, 1.54) is 23.1 Å². The van der Waals surface area contributed by atoms with E-state index in [0.29, 0.717) is 5.02 Å². The molecule has 102 valence electrons. The van der Waals surface area contributed by atoms with Crippen LogP contribution >= 0.6 is 34.7 Å². The number of nitrogens with two attached hydrogens (primary N) is 1. The van der Waals surface area contributed by atoms with Gasteiger partial charge in [0.2, 0.25) is 5.13 Å². The zero-order valence-corrected chi connectivity index (χ0v) is 13.3. The van der Waals surface area contributed by atoms with Crippen molar-refractivity contribution < 1.29 is 0 Å². The minimum absolute atomic E-state index is 0.0153. The van der Waals surface area contributed by atoms with Gasteiger partial charge in [-0.2, -0.15) is 0 Å². The van der Waals surface area contributed by atoms with Gasteiger partial charge in [0.25, 0.3) is 0 Å². The van der Waals surface area contributed by atoms with Gasteiger partial charge in [0.05, 0.1) is 5.02 Å². The number of anilines is 1. The Morgan fingerprint density at radius 2 is 2.11 bits per heavy atom. The summed E-state index contributed by atoms with van der Waals surface area (Å²) >= 11 is 9.32. The second-order valence-electron chi connectivity index (χ2n) is 4.33. The summed E-state index contributed by atoms with van der Waals surface area (Å²) in [6.07, 6.45) is 0. The molecule has 0 saturated heterocycles. The summed E-state index contributed by atoms with van der Waals surface area (Å²) in [6.45, 7) is 1.94. The van der Waals surface area contributed by atoms with Crippen LogP contribution in [0.1, 0.15) is 18.5 Å². The summed E-state index contributed by atoms with van der Waals surface area (Å²) in [5, 5.41) is 9.81. The van der Waals surface area contributed by atoms with E-state index in [9.17, 15) is 0 Å². The highest BCUT2D eigenvalue weighted by Gasteiger charge is 2.11. The first-order chi connectivity index (χ1) is 8.97. The smallest absolute Gasteiger partial charge is 0.208 e. The first-order valence-electron chi connectivity index (χ1n) is 5.71. The summed E-state index contributed by atoms with van der Waals surface area (Å²) in [5.74, 6) is 0. The number of hydrogen-bond acceptors (Lipinski definition) is 6. The third-order valence-corrected chi connectivity index (χ3v) is 5.10. The van der Waals surface area contributed by atoms with Crippen LogP contribution in [0.15, 0.2) is 27.4 Å². The van der Waals surface area contributed by atoms with Crippen molar-refractivity contribution in [1.82, 2.24) is 10.2 Å². The van der Waals surface area contributed by atoms with E-state index in [1.54, 1.807) is 0 Å². The van der Waals surface area contributed by atoms with Gasteiger partial charge in [0.15, 0.2) is 4.34 Å². The van der Waals surface area contributed by atoms with E-state index in [0.717, 1.165) is 19.9 Å². The van der Waals surface area contributed by atoms with E-state index >= 15 is 0 Å². The van der Waals surface area contributed by atoms with Crippen molar-refractivity contribution in [2.45, 2.75) is 22.2 Å². The second-order valence-corrected chi connectivity index (χ2v) is 6.98. The number of benzene rings is 1. The standard InChI is InChI=1S/C12H15ClN4S2/c1-7(14)8-4-5-10(9(13)6-8)18-12-16-15-11(19-12)17(2)3/h4-7H,14H2,1-3H3/t7-/m1/s1. The molecule has 0 fully saturated rings. The van der Waals surface area contributed by atoms with Crippen molar-refractivity contribution in [3.8, 4) is 0 Å². The third kappa shape index (κ3) is 3.60. The lowest BCUT2D eigenvalue weighted by Crippen LogP contribution is -2.07. The molecule has 0 unspecified atom stereocenters. The average Bonchev–Trinajstić information content (AvgIpc) is 2.80. The van der Waals surface area contributed by atoms with E-state index in [1.807, 2.05) is 44.1 Å². The van der Waals surface area contributed by atoms with Crippen LogP contribution in [-0.4, -0.2) is 24.3 Å². The minimum Gasteiger partial charge on any atom is -0.353 e. The maximum atomic E-state index is 6.26. The molecule has 0 aliphatic rings. The molecule has 19 heavy (non-hydrogen) atoms. The third-order valence-electron chi connectivity index (χ3n) is 2.46. The Morgan fingerprint density at radius 3 is 2.63 bits per heavy atom. The van der Waals surface area contributed by atoms with Crippen LogP contribution in [0.2, 0.25) is 5.02 Å². The molecule has 1 aromatic heterocycles.